The highest BCUT2D eigenvalue weighted by Crippen LogP contribution is 2.29. The molecule has 0 aliphatic heterocycles. The average Bonchev–Trinajstić information content (AvgIpc) is 2.39. The van der Waals surface area contributed by atoms with Crippen LogP contribution in [-0.2, 0) is 5.75 Å². The second kappa shape index (κ2) is 6.30. The van der Waals surface area contributed by atoms with Crippen molar-refractivity contribution >= 4 is 11.8 Å². The molecular formula is C14H15NOS. The highest BCUT2D eigenvalue weighted by molar-refractivity contribution is 7.98. The number of rotatable bonds is 5. The first kappa shape index (κ1) is 12.0. The minimum atomic E-state index is 0.649. The third kappa shape index (κ3) is 3.49. The van der Waals surface area contributed by atoms with Crippen molar-refractivity contribution in [3.05, 3.63) is 54.2 Å². The van der Waals surface area contributed by atoms with Crippen LogP contribution in [-0.4, -0.2) is 11.6 Å². The van der Waals surface area contributed by atoms with Gasteiger partial charge in [0.2, 0.25) is 5.88 Å². The van der Waals surface area contributed by atoms with Crippen molar-refractivity contribution in [2.24, 2.45) is 0 Å². The van der Waals surface area contributed by atoms with Crippen LogP contribution in [0.2, 0.25) is 0 Å². The zero-order valence-electron chi connectivity index (χ0n) is 9.80. The molecule has 2 rings (SSSR count). The van der Waals surface area contributed by atoms with Gasteiger partial charge in [-0.2, -0.15) is 0 Å². The minimum absolute atomic E-state index is 0.649. The van der Waals surface area contributed by atoms with Crippen LogP contribution in [0.15, 0.2) is 53.6 Å². The van der Waals surface area contributed by atoms with Crippen LogP contribution in [0.4, 0.5) is 0 Å². The predicted molar refractivity (Wildman–Crippen MR) is 71.4 cm³/mol. The fourth-order valence-corrected chi connectivity index (χ4v) is 2.39. The van der Waals surface area contributed by atoms with Gasteiger partial charge in [-0.15, -0.1) is 11.8 Å². The van der Waals surface area contributed by atoms with Crippen LogP contribution in [0.25, 0.3) is 0 Å². The van der Waals surface area contributed by atoms with Gasteiger partial charge in [0.05, 0.1) is 11.5 Å². The molecule has 0 N–H and O–H groups in total. The van der Waals surface area contributed by atoms with Gasteiger partial charge in [0.25, 0.3) is 0 Å². The van der Waals surface area contributed by atoms with Crippen molar-refractivity contribution in [2.45, 2.75) is 17.6 Å². The highest BCUT2D eigenvalue weighted by Gasteiger charge is 2.04. The second-order valence-corrected chi connectivity index (χ2v) is 4.53. The van der Waals surface area contributed by atoms with Crippen LogP contribution < -0.4 is 4.74 Å². The van der Waals surface area contributed by atoms with Crippen molar-refractivity contribution in [3.8, 4) is 5.88 Å². The molecule has 0 unspecified atom stereocenters. The maximum atomic E-state index is 5.49. The summed E-state index contributed by atoms with van der Waals surface area (Å²) >= 11 is 1.75. The van der Waals surface area contributed by atoms with Crippen LogP contribution in [0.5, 0.6) is 5.88 Å². The van der Waals surface area contributed by atoms with Crippen LogP contribution in [0, 0.1) is 0 Å². The number of ether oxygens (including phenoxy) is 1. The first-order valence-electron chi connectivity index (χ1n) is 5.64. The first-order valence-corrected chi connectivity index (χ1v) is 6.63. The number of hydrogen-bond donors (Lipinski definition) is 0. The summed E-state index contributed by atoms with van der Waals surface area (Å²) < 4.78 is 5.49. The molecule has 1 aromatic heterocycles. The number of hydrogen-bond acceptors (Lipinski definition) is 3. The number of pyridine rings is 1. The molecule has 2 aromatic rings. The molecule has 0 saturated carbocycles. The molecule has 0 aliphatic carbocycles. The third-order valence-corrected chi connectivity index (χ3v) is 3.35. The van der Waals surface area contributed by atoms with Crippen molar-refractivity contribution in [1.82, 2.24) is 4.98 Å². The Morgan fingerprint density at radius 1 is 1.12 bits per heavy atom. The third-order valence-electron chi connectivity index (χ3n) is 2.25. The number of benzene rings is 1. The molecule has 88 valence electrons. The maximum absolute atomic E-state index is 5.49. The molecule has 3 heteroatoms. The van der Waals surface area contributed by atoms with Gasteiger partial charge in [-0.3, -0.25) is 0 Å². The molecule has 1 heterocycles. The molecule has 0 atom stereocenters. The maximum Gasteiger partial charge on any atom is 0.227 e. The lowest BCUT2D eigenvalue weighted by atomic mass is 10.2. The normalized spacial score (nSPS) is 10.2. The summed E-state index contributed by atoms with van der Waals surface area (Å²) in [5, 5.41) is 0. The average molecular weight is 245 g/mol. The summed E-state index contributed by atoms with van der Waals surface area (Å²) in [5.41, 5.74) is 1.31. The van der Waals surface area contributed by atoms with Crippen LogP contribution >= 0.6 is 11.8 Å². The van der Waals surface area contributed by atoms with Crippen molar-refractivity contribution in [2.75, 3.05) is 6.61 Å². The van der Waals surface area contributed by atoms with E-state index in [1.165, 1.54) is 5.56 Å². The van der Waals surface area contributed by atoms with Gasteiger partial charge in [-0.1, -0.05) is 30.3 Å². The van der Waals surface area contributed by atoms with Crippen LogP contribution in [0.1, 0.15) is 12.5 Å². The Bertz CT molecular complexity index is 459. The molecule has 0 fully saturated rings. The summed E-state index contributed by atoms with van der Waals surface area (Å²) in [4.78, 5) is 5.33. The molecule has 0 radical (unpaired) electrons. The van der Waals surface area contributed by atoms with E-state index in [1.54, 1.807) is 18.0 Å². The molecule has 0 saturated heterocycles. The number of thioether (sulfide) groups is 1. The fourth-order valence-electron chi connectivity index (χ4n) is 1.47. The van der Waals surface area contributed by atoms with E-state index in [-0.39, 0.29) is 0 Å². The van der Waals surface area contributed by atoms with Gasteiger partial charge >= 0.3 is 0 Å². The van der Waals surface area contributed by atoms with E-state index in [4.69, 9.17) is 4.74 Å². The lowest BCUT2D eigenvalue weighted by Crippen LogP contribution is -1.95. The number of nitrogens with zero attached hydrogens (tertiary/aromatic N) is 1. The van der Waals surface area contributed by atoms with E-state index in [0.717, 1.165) is 16.5 Å². The van der Waals surface area contributed by atoms with Crippen molar-refractivity contribution < 1.29 is 4.74 Å². The molecule has 2 nitrogen and oxygen atoms in total. The van der Waals surface area contributed by atoms with E-state index >= 15 is 0 Å². The molecule has 0 aliphatic rings. The largest absolute Gasteiger partial charge is 0.477 e. The van der Waals surface area contributed by atoms with E-state index in [1.807, 2.05) is 25.1 Å². The number of aromatic nitrogens is 1. The zero-order valence-corrected chi connectivity index (χ0v) is 10.6. The van der Waals surface area contributed by atoms with E-state index in [0.29, 0.717) is 6.61 Å². The van der Waals surface area contributed by atoms with Crippen molar-refractivity contribution in [3.63, 3.8) is 0 Å². The van der Waals surface area contributed by atoms with Gasteiger partial charge < -0.3 is 4.74 Å². The molecule has 1 aromatic carbocycles. The summed E-state index contributed by atoms with van der Waals surface area (Å²) in [7, 11) is 0. The minimum Gasteiger partial charge on any atom is -0.477 e. The summed E-state index contributed by atoms with van der Waals surface area (Å²) in [5.74, 6) is 1.67. The van der Waals surface area contributed by atoms with Gasteiger partial charge in [-0.25, -0.2) is 4.98 Å². The quantitative estimate of drug-likeness (QED) is 0.749. The predicted octanol–water partition coefficient (Wildman–Crippen LogP) is 3.77. The highest BCUT2D eigenvalue weighted by atomic mass is 32.2. The summed E-state index contributed by atoms with van der Waals surface area (Å²) in [6.45, 7) is 2.62. The standard InChI is InChI=1S/C14H15NOS/c1-2-16-14-13(9-6-10-15-14)17-11-12-7-4-3-5-8-12/h3-10H,2,11H2,1H3. The van der Waals surface area contributed by atoms with Gasteiger partial charge in [0, 0.05) is 11.9 Å². The smallest absolute Gasteiger partial charge is 0.227 e. The SMILES string of the molecule is CCOc1ncccc1SCc1ccccc1. The van der Waals surface area contributed by atoms with E-state index < -0.39 is 0 Å². The topological polar surface area (TPSA) is 22.1 Å². The fraction of sp³-hybridized carbons (Fsp3) is 0.214. The van der Waals surface area contributed by atoms with Gasteiger partial charge in [-0.05, 0) is 24.6 Å². The Balaban J connectivity index is 2.03. The Labute approximate surface area is 106 Å². The molecule has 0 bridgehead atoms. The van der Waals surface area contributed by atoms with E-state index in [9.17, 15) is 0 Å². The lowest BCUT2D eigenvalue weighted by molar-refractivity contribution is 0.318. The Hall–Kier alpha value is -1.48. The monoisotopic (exact) mass is 245 g/mol. The van der Waals surface area contributed by atoms with Crippen molar-refractivity contribution in [1.29, 1.82) is 0 Å². The Morgan fingerprint density at radius 3 is 2.71 bits per heavy atom. The summed E-state index contributed by atoms with van der Waals surface area (Å²) in [6, 6.07) is 14.4. The van der Waals surface area contributed by atoms with Crippen LogP contribution in [0.3, 0.4) is 0 Å². The Kier molecular flexibility index (Phi) is 4.45. The lowest BCUT2D eigenvalue weighted by Gasteiger charge is -2.07. The Morgan fingerprint density at radius 2 is 1.94 bits per heavy atom. The molecular weight excluding hydrogens is 230 g/mol. The first-order chi connectivity index (χ1) is 8.40. The second-order valence-electron chi connectivity index (χ2n) is 3.51. The zero-order chi connectivity index (χ0) is 11.9. The van der Waals surface area contributed by atoms with E-state index in [2.05, 4.69) is 29.2 Å². The van der Waals surface area contributed by atoms with Gasteiger partial charge in [0.1, 0.15) is 0 Å². The van der Waals surface area contributed by atoms with Gasteiger partial charge in [0.15, 0.2) is 0 Å². The molecule has 0 amide bonds. The molecule has 0 spiro atoms. The molecule has 17 heavy (non-hydrogen) atoms. The summed E-state index contributed by atoms with van der Waals surface area (Å²) in [6.07, 6.45) is 1.76.